The van der Waals surface area contributed by atoms with Crippen molar-refractivity contribution in [2.45, 2.75) is 19.8 Å². The first-order valence-corrected chi connectivity index (χ1v) is 6.81. The van der Waals surface area contributed by atoms with Crippen LogP contribution in [0.25, 0.3) is 0 Å². The van der Waals surface area contributed by atoms with Crippen LogP contribution in [0.1, 0.15) is 19.2 Å². The Hall–Kier alpha value is -1.14. The molecule has 90 valence electrons. The highest BCUT2D eigenvalue weighted by atomic mass is 79.9. The maximum atomic E-state index is 5.84. The highest BCUT2D eigenvalue weighted by molar-refractivity contribution is 9.10. The molecule has 0 amide bonds. The zero-order chi connectivity index (χ0) is 12.3. The number of nitrogens with two attached hydrogens (primary N) is 1. The zero-order valence-electron chi connectivity index (χ0n) is 9.31. The maximum Gasteiger partial charge on any atom is 0.298 e. The van der Waals surface area contributed by atoms with Crippen LogP contribution in [0.4, 0.5) is 5.69 Å². The molecule has 1 aromatic heterocycles. The highest BCUT2D eigenvalue weighted by Gasteiger charge is 2.08. The largest absolute Gasteiger partial charge is 0.428 e. The topological polar surface area (TPSA) is 61.0 Å². The first-order valence-electron chi connectivity index (χ1n) is 5.24. The first kappa shape index (κ1) is 12.3. The van der Waals surface area contributed by atoms with Crippen LogP contribution in [0.5, 0.6) is 10.9 Å². The van der Waals surface area contributed by atoms with Crippen molar-refractivity contribution in [3.05, 3.63) is 28.5 Å². The second kappa shape index (κ2) is 5.46. The Bertz CT molecular complexity index is 515. The number of rotatable bonds is 4. The van der Waals surface area contributed by atoms with Gasteiger partial charge in [0.15, 0.2) is 5.75 Å². The monoisotopic (exact) mass is 313 g/mol. The number of nitrogens with zero attached hydrogens (tertiary/aromatic N) is 2. The van der Waals surface area contributed by atoms with E-state index in [1.165, 1.54) is 11.5 Å². The molecule has 1 heterocycles. The molecule has 0 aliphatic heterocycles. The lowest BCUT2D eigenvalue weighted by Gasteiger charge is -2.04. The van der Waals surface area contributed by atoms with E-state index in [1.54, 1.807) is 12.1 Å². The Morgan fingerprint density at radius 1 is 1.47 bits per heavy atom. The molecule has 0 saturated heterocycles. The van der Waals surface area contributed by atoms with Crippen molar-refractivity contribution in [1.82, 2.24) is 9.36 Å². The number of halogens is 1. The molecule has 0 aliphatic rings. The maximum absolute atomic E-state index is 5.84. The van der Waals surface area contributed by atoms with E-state index in [2.05, 4.69) is 32.2 Å². The molecule has 0 saturated carbocycles. The fourth-order valence-corrected chi connectivity index (χ4v) is 2.28. The first-order chi connectivity index (χ1) is 8.19. The molecule has 4 nitrogen and oxygen atoms in total. The van der Waals surface area contributed by atoms with Crippen molar-refractivity contribution in [1.29, 1.82) is 0 Å². The quantitative estimate of drug-likeness (QED) is 0.876. The predicted octanol–water partition coefficient (Wildman–Crippen LogP) is 3.63. The second-order valence-corrected chi connectivity index (χ2v) is 5.14. The standard InChI is InChI=1S/C11H12BrN3OS/c1-2-3-10-14-11(17-15-10)16-9-5-4-7(12)6-8(9)13/h4-6H,2-3,13H2,1H3. The minimum Gasteiger partial charge on any atom is -0.428 e. The Balaban J connectivity index is 2.13. The predicted molar refractivity (Wildman–Crippen MR) is 72.5 cm³/mol. The van der Waals surface area contributed by atoms with E-state index >= 15 is 0 Å². The summed E-state index contributed by atoms with van der Waals surface area (Å²) in [6, 6.07) is 5.48. The van der Waals surface area contributed by atoms with Crippen LogP contribution in [-0.4, -0.2) is 9.36 Å². The summed E-state index contributed by atoms with van der Waals surface area (Å²) in [4.78, 5) is 4.28. The second-order valence-electron chi connectivity index (χ2n) is 3.51. The van der Waals surface area contributed by atoms with E-state index in [-0.39, 0.29) is 0 Å². The van der Waals surface area contributed by atoms with Gasteiger partial charge in [-0.15, -0.1) is 0 Å². The summed E-state index contributed by atoms with van der Waals surface area (Å²) < 4.78 is 10.7. The summed E-state index contributed by atoms with van der Waals surface area (Å²) in [5.41, 5.74) is 6.41. The van der Waals surface area contributed by atoms with Crippen LogP contribution in [0, 0.1) is 0 Å². The van der Waals surface area contributed by atoms with Gasteiger partial charge in [0.1, 0.15) is 5.82 Å². The highest BCUT2D eigenvalue weighted by Crippen LogP contribution is 2.30. The molecule has 2 N–H and O–H groups in total. The van der Waals surface area contributed by atoms with E-state index in [9.17, 15) is 0 Å². The number of nitrogen functional groups attached to an aromatic ring is 1. The van der Waals surface area contributed by atoms with Crippen molar-refractivity contribution < 1.29 is 4.74 Å². The van der Waals surface area contributed by atoms with Gasteiger partial charge in [-0.1, -0.05) is 22.9 Å². The van der Waals surface area contributed by atoms with Gasteiger partial charge in [-0.2, -0.15) is 9.36 Å². The molecule has 0 spiro atoms. The van der Waals surface area contributed by atoms with Crippen molar-refractivity contribution in [2.24, 2.45) is 0 Å². The van der Waals surface area contributed by atoms with E-state index < -0.39 is 0 Å². The smallest absolute Gasteiger partial charge is 0.298 e. The summed E-state index contributed by atoms with van der Waals surface area (Å²) in [5, 5.41) is 0.530. The van der Waals surface area contributed by atoms with Crippen molar-refractivity contribution in [2.75, 3.05) is 5.73 Å². The fraction of sp³-hybridized carbons (Fsp3) is 0.273. The SMILES string of the molecule is CCCc1nsc(Oc2ccc(Br)cc2N)n1. The molecule has 6 heteroatoms. The van der Waals surface area contributed by atoms with Gasteiger partial charge < -0.3 is 10.5 Å². The summed E-state index contributed by atoms with van der Waals surface area (Å²) in [7, 11) is 0. The molecule has 0 bridgehead atoms. The molecular weight excluding hydrogens is 302 g/mol. The van der Waals surface area contributed by atoms with Gasteiger partial charge in [-0.05, 0) is 24.6 Å². The Morgan fingerprint density at radius 2 is 2.29 bits per heavy atom. The summed E-state index contributed by atoms with van der Waals surface area (Å²) >= 11 is 4.59. The third-order valence-electron chi connectivity index (χ3n) is 2.09. The fourth-order valence-electron chi connectivity index (χ4n) is 1.31. The van der Waals surface area contributed by atoms with Gasteiger partial charge in [0, 0.05) is 22.4 Å². The Kier molecular flexibility index (Phi) is 3.96. The Labute approximate surface area is 112 Å². The number of aromatic nitrogens is 2. The van der Waals surface area contributed by atoms with Gasteiger partial charge >= 0.3 is 0 Å². The lowest BCUT2D eigenvalue weighted by atomic mass is 10.3. The van der Waals surface area contributed by atoms with Crippen molar-refractivity contribution >= 4 is 33.1 Å². The molecule has 17 heavy (non-hydrogen) atoms. The van der Waals surface area contributed by atoms with Crippen molar-refractivity contribution in [3.63, 3.8) is 0 Å². The lowest BCUT2D eigenvalue weighted by Crippen LogP contribution is -1.92. The molecule has 0 radical (unpaired) electrons. The molecule has 0 fully saturated rings. The lowest BCUT2D eigenvalue weighted by molar-refractivity contribution is 0.479. The van der Waals surface area contributed by atoms with Gasteiger partial charge in [0.05, 0.1) is 5.69 Å². The van der Waals surface area contributed by atoms with Crippen LogP contribution >= 0.6 is 27.5 Å². The number of hydrogen-bond acceptors (Lipinski definition) is 5. The Morgan fingerprint density at radius 3 is 3.00 bits per heavy atom. The van der Waals surface area contributed by atoms with E-state index in [0.29, 0.717) is 16.6 Å². The summed E-state index contributed by atoms with van der Waals surface area (Å²) in [6.45, 7) is 2.09. The number of benzene rings is 1. The van der Waals surface area contributed by atoms with Crippen molar-refractivity contribution in [3.8, 4) is 10.9 Å². The molecule has 2 rings (SSSR count). The third-order valence-corrected chi connectivity index (χ3v) is 3.22. The average Bonchev–Trinajstić information content (AvgIpc) is 2.71. The van der Waals surface area contributed by atoms with Crippen LogP contribution < -0.4 is 10.5 Å². The molecular formula is C11H12BrN3OS. The number of ether oxygens (including phenoxy) is 1. The van der Waals surface area contributed by atoms with E-state index in [0.717, 1.165) is 23.1 Å². The third kappa shape index (κ3) is 3.17. The molecule has 1 aromatic carbocycles. The van der Waals surface area contributed by atoms with E-state index in [1.807, 2.05) is 6.07 Å². The molecule has 2 aromatic rings. The normalized spacial score (nSPS) is 10.5. The zero-order valence-corrected chi connectivity index (χ0v) is 11.7. The molecule has 0 unspecified atom stereocenters. The summed E-state index contributed by atoms with van der Waals surface area (Å²) in [6.07, 6.45) is 1.90. The molecule has 0 atom stereocenters. The number of anilines is 1. The minimum atomic E-state index is 0.530. The van der Waals surface area contributed by atoms with Crippen LogP contribution in [0.2, 0.25) is 0 Å². The molecule has 0 aliphatic carbocycles. The van der Waals surface area contributed by atoms with Gasteiger partial charge in [0.2, 0.25) is 0 Å². The van der Waals surface area contributed by atoms with Crippen LogP contribution in [0.15, 0.2) is 22.7 Å². The van der Waals surface area contributed by atoms with Gasteiger partial charge in [-0.25, -0.2) is 0 Å². The van der Waals surface area contributed by atoms with Crippen LogP contribution in [-0.2, 0) is 6.42 Å². The average molecular weight is 314 g/mol. The number of hydrogen-bond donors (Lipinski definition) is 1. The van der Waals surface area contributed by atoms with E-state index in [4.69, 9.17) is 10.5 Å². The van der Waals surface area contributed by atoms with Gasteiger partial charge in [0.25, 0.3) is 5.19 Å². The van der Waals surface area contributed by atoms with Gasteiger partial charge in [-0.3, -0.25) is 0 Å². The number of aryl methyl sites for hydroxylation is 1. The summed E-state index contributed by atoms with van der Waals surface area (Å²) in [5.74, 6) is 1.43. The minimum absolute atomic E-state index is 0.530. The van der Waals surface area contributed by atoms with Crippen LogP contribution in [0.3, 0.4) is 0 Å².